The molecule has 0 unspecified atom stereocenters. The zero-order chi connectivity index (χ0) is 13.6. The van der Waals surface area contributed by atoms with E-state index in [0.717, 1.165) is 27.8 Å². The third kappa shape index (κ3) is 2.04. The summed E-state index contributed by atoms with van der Waals surface area (Å²) in [6.07, 6.45) is 0. The van der Waals surface area contributed by atoms with Crippen LogP contribution in [0, 0.1) is 13.8 Å². The van der Waals surface area contributed by atoms with Crippen LogP contribution in [0.5, 0.6) is 5.75 Å². The summed E-state index contributed by atoms with van der Waals surface area (Å²) in [6.45, 7) is 3.76. The molecule has 0 atom stereocenters. The Balaban J connectivity index is 2.21. The monoisotopic (exact) mass is 273 g/mol. The molecular formula is C14H12ClN3O. The minimum atomic E-state index is 0.279. The molecule has 0 radical (unpaired) electrons. The number of hydrogen-bond donors (Lipinski definition) is 1. The maximum Gasteiger partial charge on any atom is 0.118 e. The zero-order valence-corrected chi connectivity index (χ0v) is 11.3. The SMILES string of the molecule is Cc1cc(-n2nc3ccc(Cl)cc3n2)c(C)cc1O. The van der Waals surface area contributed by atoms with E-state index in [4.69, 9.17) is 11.6 Å². The van der Waals surface area contributed by atoms with Crippen molar-refractivity contribution in [2.45, 2.75) is 13.8 Å². The quantitative estimate of drug-likeness (QED) is 0.739. The van der Waals surface area contributed by atoms with Gasteiger partial charge < -0.3 is 5.11 Å². The van der Waals surface area contributed by atoms with Crippen LogP contribution < -0.4 is 0 Å². The Kier molecular flexibility index (Phi) is 2.68. The molecule has 19 heavy (non-hydrogen) atoms. The van der Waals surface area contributed by atoms with E-state index in [1.807, 2.05) is 26.0 Å². The molecule has 1 N–H and O–H groups in total. The van der Waals surface area contributed by atoms with E-state index in [-0.39, 0.29) is 5.75 Å². The van der Waals surface area contributed by atoms with Gasteiger partial charge in [0.1, 0.15) is 16.8 Å². The molecule has 0 bridgehead atoms. The maximum absolute atomic E-state index is 9.68. The fourth-order valence-corrected chi connectivity index (χ4v) is 2.16. The first-order valence-electron chi connectivity index (χ1n) is 5.88. The normalized spacial score (nSPS) is 11.1. The van der Waals surface area contributed by atoms with Gasteiger partial charge in [-0.3, -0.25) is 0 Å². The van der Waals surface area contributed by atoms with Crippen molar-refractivity contribution in [1.29, 1.82) is 0 Å². The van der Waals surface area contributed by atoms with Crippen LogP contribution in [0.4, 0.5) is 0 Å². The second-order valence-electron chi connectivity index (χ2n) is 4.55. The number of aromatic nitrogens is 3. The lowest BCUT2D eigenvalue weighted by Crippen LogP contribution is -2.01. The second kappa shape index (κ2) is 4.24. The maximum atomic E-state index is 9.68. The van der Waals surface area contributed by atoms with Crippen LogP contribution in [0.1, 0.15) is 11.1 Å². The molecule has 0 aliphatic heterocycles. The van der Waals surface area contributed by atoms with Gasteiger partial charge in [-0.05, 0) is 55.3 Å². The predicted molar refractivity (Wildman–Crippen MR) is 75.0 cm³/mol. The Morgan fingerprint density at radius 3 is 2.53 bits per heavy atom. The number of rotatable bonds is 1. The number of fused-ring (bicyclic) bond motifs is 1. The first-order chi connectivity index (χ1) is 9.04. The number of halogens is 1. The van der Waals surface area contributed by atoms with Gasteiger partial charge in [0.2, 0.25) is 0 Å². The summed E-state index contributed by atoms with van der Waals surface area (Å²) < 4.78 is 0. The molecule has 2 aromatic carbocycles. The van der Waals surface area contributed by atoms with Gasteiger partial charge in [0.15, 0.2) is 0 Å². The number of hydrogen-bond acceptors (Lipinski definition) is 3. The standard InChI is InChI=1S/C14H12ClN3O/c1-8-6-14(19)9(2)5-13(8)18-16-11-4-3-10(15)7-12(11)17-18/h3-7,19H,1-2H3. The Hall–Kier alpha value is -2.07. The molecule has 0 saturated carbocycles. The van der Waals surface area contributed by atoms with Crippen molar-refractivity contribution in [3.63, 3.8) is 0 Å². The lowest BCUT2D eigenvalue weighted by atomic mass is 10.1. The van der Waals surface area contributed by atoms with E-state index < -0.39 is 0 Å². The number of aryl methyl sites for hydroxylation is 2. The minimum absolute atomic E-state index is 0.279. The van der Waals surface area contributed by atoms with Crippen LogP contribution in [0.3, 0.4) is 0 Å². The molecule has 0 aliphatic carbocycles. The molecule has 3 rings (SSSR count). The number of nitrogens with zero attached hydrogens (tertiary/aromatic N) is 3. The second-order valence-corrected chi connectivity index (χ2v) is 4.98. The summed E-state index contributed by atoms with van der Waals surface area (Å²) in [6, 6.07) is 8.99. The highest BCUT2D eigenvalue weighted by atomic mass is 35.5. The smallest absolute Gasteiger partial charge is 0.118 e. The first-order valence-corrected chi connectivity index (χ1v) is 6.25. The highest BCUT2D eigenvalue weighted by Crippen LogP contribution is 2.24. The van der Waals surface area contributed by atoms with E-state index in [1.165, 1.54) is 0 Å². The van der Waals surface area contributed by atoms with Crippen LogP contribution in [-0.4, -0.2) is 20.1 Å². The molecule has 1 heterocycles. The van der Waals surface area contributed by atoms with E-state index in [2.05, 4.69) is 10.2 Å². The topological polar surface area (TPSA) is 50.9 Å². The Bertz CT molecular complexity index is 780. The first kappa shape index (κ1) is 12.0. The minimum Gasteiger partial charge on any atom is -0.508 e. The summed E-state index contributed by atoms with van der Waals surface area (Å²) in [7, 11) is 0. The molecule has 3 aromatic rings. The van der Waals surface area contributed by atoms with Crippen LogP contribution in [0.25, 0.3) is 16.7 Å². The van der Waals surface area contributed by atoms with Gasteiger partial charge in [-0.2, -0.15) is 4.80 Å². The van der Waals surface area contributed by atoms with Gasteiger partial charge in [0.05, 0.1) is 5.69 Å². The van der Waals surface area contributed by atoms with Crippen molar-refractivity contribution in [2.24, 2.45) is 0 Å². The molecule has 0 saturated heterocycles. The van der Waals surface area contributed by atoms with Crippen molar-refractivity contribution in [3.05, 3.63) is 46.5 Å². The van der Waals surface area contributed by atoms with Gasteiger partial charge in [0, 0.05) is 5.02 Å². The van der Waals surface area contributed by atoms with Gasteiger partial charge in [-0.15, -0.1) is 10.2 Å². The van der Waals surface area contributed by atoms with Crippen molar-refractivity contribution < 1.29 is 5.11 Å². The van der Waals surface area contributed by atoms with Crippen LogP contribution in [-0.2, 0) is 0 Å². The number of phenols is 1. The van der Waals surface area contributed by atoms with Crippen LogP contribution in [0.15, 0.2) is 30.3 Å². The van der Waals surface area contributed by atoms with Crippen molar-refractivity contribution in [1.82, 2.24) is 15.0 Å². The van der Waals surface area contributed by atoms with E-state index in [9.17, 15) is 5.11 Å². The molecular weight excluding hydrogens is 262 g/mol. The van der Waals surface area contributed by atoms with Gasteiger partial charge >= 0.3 is 0 Å². The molecule has 96 valence electrons. The third-order valence-electron chi connectivity index (χ3n) is 3.07. The zero-order valence-electron chi connectivity index (χ0n) is 10.6. The lowest BCUT2D eigenvalue weighted by molar-refractivity contribution is 0.470. The predicted octanol–water partition coefficient (Wildman–Crippen LogP) is 3.40. The third-order valence-corrected chi connectivity index (χ3v) is 3.31. The number of phenolic OH excluding ortho intramolecular Hbond substituents is 1. The number of aromatic hydroxyl groups is 1. The van der Waals surface area contributed by atoms with Crippen molar-refractivity contribution in [2.75, 3.05) is 0 Å². The van der Waals surface area contributed by atoms with Crippen LogP contribution >= 0.6 is 11.6 Å². The Morgan fingerprint density at radius 2 is 1.74 bits per heavy atom. The molecule has 1 aromatic heterocycles. The van der Waals surface area contributed by atoms with Gasteiger partial charge in [-0.25, -0.2) is 0 Å². The van der Waals surface area contributed by atoms with E-state index in [0.29, 0.717) is 5.02 Å². The summed E-state index contributed by atoms with van der Waals surface area (Å²) in [5.41, 5.74) is 4.09. The van der Waals surface area contributed by atoms with E-state index in [1.54, 1.807) is 23.0 Å². The average molecular weight is 274 g/mol. The molecule has 4 nitrogen and oxygen atoms in total. The molecule has 0 amide bonds. The van der Waals surface area contributed by atoms with Crippen molar-refractivity contribution >= 4 is 22.6 Å². The molecule has 0 aliphatic rings. The molecule has 0 fully saturated rings. The van der Waals surface area contributed by atoms with Gasteiger partial charge in [0.25, 0.3) is 0 Å². The Morgan fingerprint density at radius 1 is 1.00 bits per heavy atom. The lowest BCUT2D eigenvalue weighted by Gasteiger charge is -2.07. The summed E-state index contributed by atoms with van der Waals surface area (Å²) in [5.74, 6) is 0.279. The molecule has 5 heteroatoms. The summed E-state index contributed by atoms with van der Waals surface area (Å²) in [4.78, 5) is 1.57. The summed E-state index contributed by atoms with van der Waals surface area (Å²) in [5, 5.41) is 19.2. The highest BCUT2D eigenvalue weighted by Gasteiger charge is 2.09. The molecule has 0 spiro atoms. The number of benzene rings is 2. The Labute approximate surface area is 115 Å². The largest absolute Gasteiger partial charge is 0.508 e. The fourth-order valence-electron chi connectivity index (χ4n) is 2.00. The van der Waals surface area contributed by atoms with Crippen LogP contribution in [0.2, 0.25) is 5.02 Å². The van der Waals surface area contributed by atoms with Crippen molar-refractivity contribution in [3.8, 4) is 11.4 Å². The van der Waals surface area contributed by atoms with Gasteiger partial charge in [-0.1, -0.05) is 11.6 Å². The fraction of sp³-hybridized carbons (Fsp3) is 0.143. The summed E-state index contributed by atoms with van der Waals surface area (Å²) >= 11 is 5.94. The highest BCUT2D eigenvalue weighted by molar-refractivity contribution is 6.31. The van der Waals surface area contributed by atoms with E-state index >= 15 is 0 Å². The average Bonchev–Trinajstić information content (AvgIpc) is 2.76.